The zero-order valence-corrected chi connectivity index (χ0v) is 7.31. The van der Waals surface area contributed by atoms with Crippen LogP contribution in [-0.4, -0.2) is 23.5 Å². The van der Waals surface area contributed by atoms with Crippen molar-refractivity contribution in [3.63, 3.8) is 0 Å². The van der Waals surface area contributed by atoms with E-state index < -0.39 is 6.10 Å². The fourth-order valence-corrected chi connectivity index (χ4v) is 1.08. The second-order valence-electron chi connectivity index (χ2n) is 2.82. The van der Waals surface area contributed by atoms with Gasteiger partial charge in [0.15, 0.2) is 5.78 Å². The van der Waals surface area contributed by atoms with Gasteiger partial charge in [0.05, 0.1) is 0 Å². The molecule has 0 aromatic heterocycles. The van der Waals surface area contributed by atoms with Crippen LogP contribution in [0.4, 0.5) is 0 Å². The van der Waals surface area contributed by atoms with E-state index in [1.165, 1.54) is 0 Å². The number of nitrogens with two attached hydrogens (primary N) is 1. The van der Waals surface area contributed by atoms with Crippen LogP contribution in [0.3, 0.4) is 0 Å². The first kappa shape index (κ1) is 9.89. The van der Waals surface area contributed by atoms with Crippen molar-refractivity contribution in [1.29, 1.82) is 0 Å². The lowest BCUT2D eigenvalue weighted by molar-refractivity contribution is 0.0735. The summed E-state index contributed by atoms with van der Waals surface area (Å²) in [7, 11) is 0. The molecule has 3 N–H and O–H groups in total. The van der Waals surface area contributed by atoms with Gasteiger partial charge in [-0.1, -0.05) is 30.3 Å². The van der Waals surface area contributed by atoms with E-state index in [0.29, 0.717) is 18.5 Å². The number of carbonyl (C=O) groups excluding carboxylic acids is 1. The van der Waals surface area contributed by atoms with Gasteiger partial charge in [-0.3, -0.25) is 4.79 Å². The average molecular weight is 179 g/mol. The number of ketones is 1. The summed E-state index contributed by atoms with van der Waals surface area (Å²) in [4.78, 5) is 11.4. The topological polar surface area (TPSA) is 63.3 Å². The van der Waals surface area contributed by atoms with Gasteiger partial charge < -0.3 is 10.8 Å². The van der Waals surface area contributed by atoms with E-state index in [9.17, 15) is 9.90 Å². The molecular formula is C10H13NO2. The summed E-state index contributed by atoms with van der Waals surface area (Å²) in [5.41, 5.74) is 5.76. The first-order chi connectivity index (χ1) is 6.25. The molecule has 0 aliphatic heterocycles. The van der Waals surface area contributed by atoms with E-state index in [0.717, 1.165) is 0 Å². The zero-order valence-electron chi connectivity index (χ0n) is 7.31. The molecule has 70 valence electrons. The molecule has 0 aliphatic rings. The molecule has 0 amide bonds. The van der Waals surface area contributed by atoms with Crippen molar-refractivity contribution in [2.75, 3.05) is 6.54 Å². The number of hydrogen-bond donors (Lipinski definition) is 2. The van der Waals surface area contributed by atoms with E-state index in [-0.39, 0.29) is 5.78 Å². The highest BCUT2D eigenvalue weighted by atomic mass is 16.3. The van der Waals surface area contributed by atoms with Crippen LogP contribution in [0.1, 0.15) is 16.8 Å². The molecule has 0 heterocycles. The Bertz CT molecular complexity index is 272. The minimum Gasteiger partial charge on any atom is -0.385 e. The van der Waals surface area contributed by atoms with E-state index in [2.05, 4.69) is 0 Å². The van der Waals surface area contributed by atoms with Crippen LogP contribution in [0, 0.1) is 0 Å². The van der Waals surface area contributed by atoms with E-state index in [4.69, 9.17) is 5.73 Å². The summed E-state index contributed by atoms with van der Waals surface area (Å²) in [6.07, 6.45) is -0.652. The molecular weight excluding hydrogens is 166 g/mol. The van der Waals surface area contributed by atoms with Crippen LogP contribution in [0.5, 0.6) is 0 Å². The minimum atomic E-state index is -0.965. The van der Waals surface area contributed by atoms with Gasteiger partial charge in [-0.25, -0.2) is 0 Å². The lowest BCUT2D eigenvalue weighted by Gasteiger charge is -2.07. The molecule has 1 unspecified atom stereocenters. The summed E-state index contributed by atoms with van der Waals surface area (Å²) in [6, 6.07) is 8.72. The molecule has 0 radical (unpaired) electrons. The maximum absolute atomic E-state index is 11.4. The molecule has 0 bridgehead atoms. The van der Waals surface area contributed by atoms with Crippen molar-refractivity contribution < 1.29 is 9.90 Å². The van der Waals surface area contributed by atoms with Gasteiger partial charge >= 0.3 is 0 Å². The van der Waals surface area contributed by atoms with Gasteiger partial charge in [0.1, 0.15) is 6.10 Å². The summed E-state index contributed by atoms with van der Waals surface area (Å²) in [6.45, 7) is 0.319. The zero-order chi connectivity index (χ0) is 9.68. The van der Waals surface area contributed by atoms with Gasteiger partial charge in [-0.2, -0.15) is 0 Å². The number of aliphatic hydroxyl groups excluding tert-OH is 1. The minimum absolute atomic E-state index is 0.258. The number of Topliss-reactive ketones (excluding diaryl/α,β-unsaturated/α-hetero) is 1. The van der Waals surface area contributed by atoms with Gasteiger partial charge in [-0.15, -0.1) is 0 Å². The maximum atomic E-state index is 11.4. The third kappa shape index (κ3) is 2.65. The Labute approximate surface area is 77.2 Å². The predicted octanol–water partition coefficient (Wildman–Crippen LogP) is 0.579. The molecule has 0 saturated heterocycles. The Morgan fingerprint density at radius 1 is 1.38 bits per heavy atom. The van der Waals surface area contributed by atoms with Crippen molar-refractivity contribution >= 4 is 5.78 Å². The molecule has 3 nitrogen and oxygen atoms in total. The lowest BCUT2D eigenvalue weighted by atomic mass is 10.0. The number of carbonyl (C=O) groups is 1. The Hall–Kier alpha value is -1.19. The molecule has 0 spiro atoms. The number of benzene rings is 1. The molecule has 1 aromatic carbocycles. The monoisotopic (exact) mass is 179 g/mol. The Morgan fingerprint density at radius 3 is 2.54 bits per heavy atom. The third-order valence-corrected chi connectivity index (χ3v) is 1.80. The van der Waals surface area contributed by atoms with Gasteiger partial charge in [0, 0.05) is 5.56 Å². The normalized spacial score (nSPS) is 12.5. The van der Waals surface area contributed by atoms with E-state index in [1.807, 2.05) is 6.07 Å². The Morgan fingerprint density at radius 2 is 2.00 bits per heavy atom. The Kier molecular flexibility index (Phi) is 3.61. The maximum Gasteiger partial charge on any atom is 0.191 e. The van der Waals surface area contributed by atoms with E-state index >= 15 is 0 Å². The summed E-state index contributed by atoms with van der Waals surface area (Å²) in [5.74, 6) is -0.258. The van der Waals surface area contributed by atoms with E-state index in [1.54, 1.807) is 24.3 Å². The van der Waals surface area contributed by atoms with Crippen molar-refractivity contribution in [3.8, 4) is 0 Å². The smallest absolute Gasteiger partial charge is 0.191 e. The molecule has 1 aromatic rings. The summed E-state index contributed by atoms with van der Waals surface area (Å²) >= 11 is 0. The second kappa shape index (κ2) is 4.74. The summed E-state index contributed by atoms with van der Waals surface area (Å²) < 4.78 is 0. The van der Waals surface area contributed by atoms with Crippen LogP contribution in [0.25, 0.3) is 0 Å². The highest BCUT2D eigenvalue weighted by molar-refractivity contribution is 5.99. The van der Waals surface area contributed by atoms with Gasteiger partial charge in [0.25, 0.3) is 0 Å². The largest absolute Gasteiger partial charge is 0.385 e. The molecule has 0 fully saturated rings. The van der Waals surface area contributed by atoms with Crippen LogP contribution in [-0.2, 0) is 0 Å². The first-order valence-corrected chi connectivity index (χ1v) is 4.23. The van der Waals surface area contributed by atoms with Crippen LogP contribution in [0.15, 0.2) is 30.3 Å². The summed E-state index contributed by atoms with van der Waals surface area (Å²) in [5, 5.41) is 9.34. The molecule has 3 heteroatoms. The molecule has 1 rings (SSSR count). The highest BCUT2D eigenvalue weighted by Gasteiger charge is 2.15. The molecule has 13 heavy (non-hydrogen) atoms. The standard InChI is InChI=1S/C10H13NO2/c11-7-6-9(12)10(13)8-4-2-1-3-5-8/h1-5,9,12H,6-7,11H2. The van der Waals surface area contributed by atoms with Gasteiger partial charge in [-0.05, 0) is 13.0 Å². The van der Waals surface area contributed by atoms with Crippen LogP contribution < -0.4 is 5.73 Å². The Balaban J connectivity index is 2.68. The average Bonchev–Trinajstić information content (AvgIpc) is 2.18. The van der Waals surface area contributed by atoms with Crippen molar-refractivity contribution in [2.45, 2.75) is 12.5 Å². The number of rotatable bonds is 4. The quantitative estimate of drug-likeness (QED) is 0.664. The van der Waals surface area contributed by atoms with Crippen molar-refractivity contribution in [1.82, 2.24) is 0 Å². The number of hydrogen-bond acceptors (Lipinski definition) is 3. The predicted molar refractivity (Wildman–Crippen MR) is 50.5 cm³/mol. The van der Waals surface area contributed by atoms with Gasteiger partial charge in [0.2, 0.25) is 0 Å². The first-order valence-electron chi connectivity index (χ1n) is 4.23. The SMILES string of the molecule is NCCC(O)C(=O)c1ccccc1. The number of aliphatic hydroxyl groups is 1. The highest BCUT2D eigenvalue weighted by Crippen LogP contribution is 2.04. The fourth-order valence-electron chi connectivity index (χ4n) is 1.08. The molecule has 1 atom stereocenters. The van der Waals surface area contributed by atoms with Crippen molar-refractivity contribution in [2.24, 2.45) is 5.73 Å². The fraction of sp³-hybridized carbons (Fsp3) is 0.300. The van der Waals surface area contributed by atoms with Crippen LogP contribution >= 0.6 is 0 Å². The molecule has 0 saturated carbocycles. The second-order valence-corrected chi connectivity index (χ2v) is 2.82. The lowest BCUT2D eigenvalue weighted by Crippen LogP contribution is -2.23. The third-order valence-electron chi connectivity index (χ3n) is 1.80. The van der Waals surface area contributed by atoms with Crippen LogP contribution in [0.2, 0.25) is 0 Å². The van der Waals surface area contributed by atoms with Crippen molar-refractivity contribution in [3.05, 3.63) is 35.9 Å². The molecule has 0 aliphatic carbocycles.